The number of nitrogens with one attached hydrogen (secondary N) is 6. The zero-order chi connectivity index (χ0) is 35.2. The summed E-state index contributed by atoms with van der Waals surface area (Å²) in [4.78, 5) is 51.6. The Hall–Kier alpha value is -4.98. The number of rotatable bonds is 16. The second kappa shape index (κ2) is 22.5. The molecule has 2 aromatic carbocycles. The highest BCUT2D eigenvalue weighted by molar-refractivity contribution is 6.30. The summed E-state index contributed by atoms with van der Waals surface area (Å²) in [5.41, 5.74) is 1.12. The number of aliphatic hydroxyl groups is 1. The van der Waals surface area contributed by atoms with Crippen molar-refractivity contribution in [3.8, 4) is 0 Å². The first-order valence-electron chi connectivity index (χ1n) is 14.7. The van der Waals surface area contributed by atoms with E-state index in [0.717, 1.165) is 12.1 Å². The Labute approximate surface area is 279 Å². The molecule has 0 saturated heterocycles. The van der Waals surface area contributed by atoms with Gasteiger partial charge < -0.3 is 41.9 Å². The Morgan fingerprint density at radius 3 is 2.13 bits per heavy atom. The van der Waals surface area contributed by atoms with E-state index in [2.05, 4.69) is 31.9 Å². The molecule has 0 fully saturated rings. The van der Waals surface area contributed by atoms with E-state index in [4.69, 9.17) is 16.7 Å². The minimum atomic E-state index is -0.792. The van der Waals surface area contributed by atoms with Gasteiger partial charge in [-0.15, -0.1) is 0 Å². The molecule has 12 nitrogen and oxygen atoms in total. The largest absolute Gasteiger partial charge is 0.395 e. The molecule has 4 amide bonds. The van der Waals surface area contributed by atoms with Crippen LogP contribution in [0.25, 0.3) is 0 Å². The third kappa shape index (κ3) is 16.2. The number of aliphatic hydroxyl groups excluding tert-OH is 1. The number of nitrogens with zero attached hydrogens (tertiary/aromatic N) is 1. The van der Waals surface area contributed by atoms with Crippen LogP contribution in [0.3, 0.4) is 0 Å². The van der Waals surface area contributed by atoms with Crippen LogP contribution in [0.5, 0.6) is 0 Å². The maximum absolute atomic E-state index is 14.1. The molecular formula is C33H43ClFN7O5. The van der Waals surface area contributed by atoms with Gasteiger partial charge in [0, 0.05) is 81.6 Å². The summed E-state index contributed by atoms with van der Waals surface area (Å²) in [6, 6.07) is 9.98. The van der Waals surface area contributed by atoms with E-state index in [1.54, 1.807) is 56.5 Å². The molecule has 14 heteroatoms. The van der Waals surface area contributed by atoms with Gasteiger partial charge in [-0.3, -0.25) is 19.2 Å². The Bertz CT molecular complexity index is 1460. The number of anilines is 1. The van der Waals surface area contributed by atoms with Gasteiger partial charge in [-0.2, -0.15) is 0 Å². The van der Waals surface area contributed by atoms with E-state index in [9.17, 15) is 23.6 Å². The first-order chi connectivity index (χ1) is 22.5. The summed E-state index contributed by atoms with van der Waals surface area (Å²) in [5.74, 6) is -2.85. The summed E-state index contributed by atoms with van der Waals surface area (Å²) < 4.78 is 14.1. The Kier molecular flexibility index (Phi) is 19.2. The summed E-state index contributed by atoms with van der Waals surface area (Å²) in [5, 5.41) is 25.2. The van der Waals surface area contributed by atoms with Crippen molar-refractivity contribution in [2.75, 3.05) is 52.7 Å². The van der Waals surface area contributed by atoms with Crippen LogP contribution < -0.4 is 31.9 Å². The highest BCUT2D eigenvalue weighted by Gasteiger charge is 2.13. The first-order valence-corrected chi connectivity index (χ1v) is 15.1. The smallest absolute Gasteiger partial charge is 0.258 e. The van der Waals surface area contributed by atoms with Crippen molar-refractivity contribution in [2.24, 2.45) is 0 Å². The van der Waals surface area contributed by atoms with Gasteiger partial charge in [-0.1, -0.05) is 25.4 Å². The van der Waals surface area contributed by atoms with Crippen LogP contribution in [0.1, 0.15) is 34.6 Å². The van der Waals surface area contributed by atoms with Gasteiger partial charge in [0.25, 0.3) is 11.8 Å². The van der Waals surface area contributed by atoms with Crippen LogP contribution in [0.2, 0.25) is 5.02 Å². The number of carbonyl (C=O) groups is 4. The molecule has 2 rings (SSSR count). The van der Waals surface area contributed by atoms with Crippen LogP contribution in [0.15, 0.2) is 90.6 Å². The second-order valence-corrected chi connectivity index (χ2v) is 9.90. The number of amides is 4. The van der Waals surface area contributed by atoms with Crippen LogP contribution in [0, 0.1) is 5.82 Å². The van der Waals surface area contributed by atoms with E-state index in [0.29, 0.717) is 30.9 Å². The number of hydrogen-bond acceptors (Lipinski definition) is 8. The Morgan fingerprint density at radius 2 is 1.51 bits per heavy atom. The maximum atomic E-state index is 14.1. The molecule has 2 aromatic rings. The van der Waals surface area contributed by atoms with Gasteiger partial charge in [-0.25, -0.2) is 4.39 Å². The number of allylic oxidation sites excluding steroid dienone is 2. The van der Waals surface area contributed by atoms with Crippen molar-refractivity contribution in [1.82, 2.24) is 31.5 Å². The zero-order valence-electron chi connectivity index (χ0n) is 27.1. The lowest BCUT2D eigenvalue weighted by atomic mass is 10.2. The molecule has 0 aliphatic rings. The average molecular weight is 672 g/mol. The maximum Gasteiger partial charge on any atom is 0.258 e. The van der Waals surface area contributed by atoms with Crippen LogP contribution in [-0.2, 0) is 9.59 Å². The molecule has 0 aliphatic carbocycles. The third-order valence-corrected chi connectivity index (χ3v) is 5.75. The van der Waals surface area contributed by atoms with Crippen molar-refractivity contribution in [3.63, 3.8) is 0 Å². The Balaban J connectivity index is 0.00000541. The number of hydrogen-bond donors (Lipinski definition) is 7. The summed E-state index contributed by atoms with van der Waals surface area (Å²) in [7, 11) is 5.06. The normalized spacial score (nSPS) is 11.4. The van der Waals surface area contributed by atoms with Crippen molar-refractivity contribution in [3.05, 3.63) is 113 Å². The van der Waals surface area contributed by atoms with Gasteiger partial charge in [0.15, 0.2) is 0 Å². The lowest BCUT2D eigenvalue weighted by molar-refractivity contribution is -0.116. The van der Waals surface area contributed by atoms with E-state index in [1.807, 2.05) is 13.8 Å². The molecule has 7 N–H and O–H groups in total. The van der Waals surface area contributed by atoms with Crippen molar-refractivity contribution < 1.29 is 28.7 Å². The monoisotopic (exact) mass is 671 g/mol. The fourth-order valence-electron chi connectivity index (χ4n) is 3.52. The van der Waals surface area contributed by atoms with Crippen LogP contribution in [-0.4, -0.2) is 81.0 Å². The summed E-state index contributed by atoms with van der Waals surface area (Å²) in [6.45, 7) is 5.38. The lowest BCUT2D eigenvalue weighted by Crippen LogP contribution is -2.32. The Morgan fingerprint density at radius 1 is 0.851 bits per heavy atom. The molecule has 0 saturated carbocycles. The van der Waals surface area contributed by atoms with E-state index < -0.39 is 23.5 Å². The van der Waals surface area contributed by atoms with Gasteiger partial charge >= 0.3 is 0 Å². The highest BCUT2D eigenvalue weighted by atomic mass is 35.5. The fraction of sp³-hybridized carbons (Fsp3) is 0.273. The number of carbonyl (C=O) groups excluding carboxylic acids is 4. The molecule has 0 aromatic heterocycles. The fourth-order valence-corrected chi connectivity index (χ4v) is 3.68. The molecule has 0 radical (unpaired) electrons. The second-order valence-electron chi connectivity index (χ2n) is 9.47. The molecule has 0 atom stereocenters. The predicted octanol–water partition coefficient (Wildman–Crippen LogP) is 2.88. The topological polar surface area (TPSA) is 164 Å². The van der Waals surface area contributed by atoms with Gasteiger partial charge in [0.1, 0.15) is 5.82 Å². The van der Waals surface area contributed by atoms with E-state index >= 15 is 0 Å². The highest BCUT2D eigenvalue weighted by Crippen LogP contribution is 2.15. The standard InChI is InChI=1S/C31H37ClFN7O5.C2H6/c1-34-19-24(39-31(45)26-11-6-22(32)18-27(26)33)9-12-29(43)38-25(20-40(2)3)10-13-28(42)37-23-7-4-21(5-8-23)30(44)36-15-14-35-16-17-41;1-2/h4-13,18-20,34-35,41H,14-17H2,1-3H3,(H,36,44)(H,37,42)(H,38,43)(H,39,45);1-2H3/b12-9+,13-10+,24-19+,25-20+;. The van der Waals surface area contributed by atoms with Gasteiger partial charge in [0.2, 0.25) is 11.8 Å². The van der Waals surface area contributed by atoms with Crippen molar-refractivity contribution in [1.29, 1.82) is 0 Å². The van der Waals surface area contributed by atoms with Crippen molar-refractivity contribution >= 4 is 40.9 Å². The minimum Gasteiger partial charge on any atom is -0.395 e. The zero-order valence-corrected chi connectivity index (χ0v) is 27.9. The van der Waals surface area contributed by atoms with E-state index in [-0.39, 0.29) is 34.5 Å². The van der Waals surface area contributed by atoms with Crippen LogP contribution >= 0.6 is 11.6 Å². The third-order valence-electron chi connectivity index (χ3n) is 5.52. The number of benzene rings is 2. The minimum absolute atomic E-state index is 0.0190. The molecule has 0 aliphatic heterocycles. The number of halogens is 2. The quantitative estimate of drug-likeness (QED) is 0.0814. The molecule has 0 heterocycles. The first kappa shape index (κ1) is 40.0. The predicted molar refractivity (Wildman–Crippen MR) is 183 cm³/mol. The lowest BCUT2D eigenvalue weighted by Gasteiger charge is -2.10. The van der Waals surface area contributed by atoms with Crippen molar-refractivity contribution in [2.45, 2.75) is 13.8 Å². The van der Waals surface area contributed by atoms with Gasteiger partial charge in [0.05, 0.1) is 23.6 Å². The molecular weight excluding hydrogens is 629 g/mol. The summed E-state index contributed by atoms with van der Waals surface area (Å²) in [6.07, 6.45) is 8.10. The van der Waals surface area contributed by atoms with E-state index in [1.165, 1.54) is 36.6 Å². The van der Waals surface area contributed by atoms with Crippen LogP contribution in [0.4, 0.5) is 10.1 Å². The van der Waals surface area contributed by atoms with Gasteiger partial charge in [-0.05, 0) is 54.6 Å². The molecule has 47 heavy (non-hydrogen) atoms. The molecule has 254 valence electrons. The average Bonchev–Trinajstić information content (AvgIpc) is 3.03. The molecule has 0 spiro atoms. The molecule has 0 bridgehead atoms. The summed E-state index contributed by atoms with van der Waals surface area (Å²) >= 11 is 5.75. The SMILES string of the molecule is CC.CN/C=C(\C=C\C(=O)NC(/C=C/C(=O)Nc1ccc(C(=O)NCCNCCO)cc1)=C/N(C)C)NC(=O)c1ccc(Cl)cc1F. The molecule has 0 unspecified atom stereocenters.